The van der Waals surface area contributed by atoms with Crippen LogP contribution >= 0.6 is 0 Å². The summed E-state index contributed by atoms with van der Waals surface area (Å²) in [7, 11) is 0. The van der Waals surface area contributed by atoms with Crippen LogP contribution in [0.3, 0.4) is 0 Å². The summed E-state index contributed by atoms with van der Waals surface area (Å²) in [6, 6.07) is 21.4. The maximum Gasteiger partial charge on any atom is 0.137 e. The van der Waals surface area contributed by atoms with E-state index in [0.717, 1.165) is 41.8 Å². The first kappa shape index (κ1) is 25.5. The third kappa shape index (κ3) is 5.57. The second kappa shape index (κ2) is 11.1. The van der Waals surface area contributed by atoms with Crippen molar-refractivity contribution in [3.63, 3.8) is 0 Å². The lowest BCUT2D eigenvalue weighted by Crippen LogP contribution is -2.48. The lowest BCUT2D eigenvalue weighted by atomic mass is 9.91. The Kier molecular flexibility index (Phi) is 7.45. The van der Waals surface area contributed by atoms with Gasteiger partial charge in [0.2, 0.25) is 0 Å². The van der Waals surface area contributed by atoms with Gasteiger partial charge < -0.3 is 10.4 Å². The minimum atomic E-state index is -1.64. The van der Waals surface area contributed by atoms with Crippen molar-refractivity contribution in [2.24, 2.45) is 0 Å². The van der Waals surface area contributed by atoms with Gasteiger partial charge in [0.1, 0.15) is 36.0 Å². The van der Waals surface area contributed by atoms with Crippen LogP contribution in [-0.4, -0.2) is 50.4 Å². The van der Waals surface area contributed by atoms with Crippen LogP contribution < -0.4 is 5.32 Å². The van der Waals surface area contributed by atoms with Gasteiger partial charge in [0.05, 0.1) is 17.8 Å². The number of hydrogen-bond donors (Lipinski definition) is 2. The number of likely N-dealkylation sites (tertiary alicyclic amines) is 1. The Bertz CT molecular complexity index is 1420. The molecule has 2 N–H and O–H groups in total. The van der Waals surface area contributed by atoms with Crippen molar-refractivity contribution in [3.8, 4) is 17.2 Å². The van der Waals surface area contributed by atoms with E-state index in [1.54, 1.807) is 0 Å². The Morgan fingerprint density at radius 3 is 2.50 bits per heavy atom. The number of nitrogens with one attached hydrogen (secondary N) is 1. The Balaban J connectivity index is 1.29. The molecule has 1 fully saturated rings. The van der Waals surface area contributed by atoms with Crippen molar-refractivity contribution in [1.82, 2.24) is 19.7 Å². The summed E-state index contributed by atoms with van der Waals surface area (Å²) in [4.78, 5) is 5.99. The number of β-amino-alcohol motifs (C(OH)–C–C–N with tert-alkyl or cyclic N) is 1. The molecule has 0 radical (unpaired) electrons. The van der Waals surface area contributed by atoms with Gasteiger partial charge >= 0.3 is 0 Å². The van der Waals surface area contributed by atoms with Crippen molar-refractivity contribution < 1.29 is 13.9 Å². The van der Waals surface area contributed by atoms with Gasteiger partial charge in [-0.05, 0) is 30.5 Å². The number of nitrogens with zero attached hydrogens (tertiary/aromatic N) is 5. The van der Waals surface area contributed by atoms with Crippen molar-refractivity contribution in [2.45, 2.75) is 31.0 Å². The SMILES string of the molecule is N#Cc1c(NC2CCN(CC(O)(Cn3cncn3)c3ccc(F)cc3F)CC2)cccc1-c1ccccc1. The zero-order valence-electron chi connectivity index (χ0n) is 20.8. The fourth-order valence-electron chi connectivity index (χ4n) is 5.15. The number of aromatic nitrogens is 3. The molecular weight excluding hydrogens is 486 g/mol. The van der Waals surface area contributed by atoms with E-state index in [-0.39, 0.29) is 24.7 Å². The third-order valence-corrected chi connectivity index (χ3v) is 7.02. The predicted octanol–water partition coefficient (Wildman–Crippen LogP) is 4.56. The van der Waals surface area contributed by atoms with Crippen molar-refractivity contribution in [1.29, 1.82) is 5.26 Å². The van der Waals surface area contributed by atoms with Crippen molar-refractivity contribution in [2.75, 3.05) is 25.0 Å². The van der Waals surface area contributed by atoms with E-state index in [2.05, 4.69) is 26.4 Å². The molecule has 1 aliphatic rings. The normalized spacial score (nSPS) is 16.1. The summed E-state index contributed by atoms with van der Waals surface area (Å²) in [6.07, 6.45) is 4.34. The number of hydrogen-bond acceptors (Lipinski definition) is 6. The summed E-state index contributed by atoms with van der Waals surface area (Å²) in [5, 5.41) is 29.2. The molecule has 0 aliphatic carbocycles. The summed E-state index contributed by atoms with van der Waals surface area (Å²) < 4.78 is 29.8. The fraction of sp³-hybridized carbons (Fsp3) is 0.276. The quantitative estimate of drug-likeness (QED) is 0.358. The first-order chi connectivity index (χ1) is 18.4. The van der Waals surface area contributed by atoms with E-state index < -0.39 is 17.2 Å². The van der Waals surface area contributed by atoms with Gasteiger partial charge in [0.25, 0.3) is 0 Å². The smallest absolute Gasteiger partial charge is 0.137 e. The molecule has 4 aromatic rings. The molecule has 194 valence electrons. The van der Waals surface area contributed by atoms with Crippen molar-refractivity contribution in [3.05, 3.63) is 102 Å². The lowest BCUT2D eigenvalue weighted by Gasteiger charge is -2.39. The van der Waals surface area contributed by atoms with Gasteiger partial charge in [0.15, 0.2) is 0 Å². The van der Waals surface area contributed by atoms with E-state index in [1.165, 1.54) is 23.4 Å². The molecule has 0 spiro atoms. The van der Waals surface area contributed by atoms with Crippen LogP contribution in [0.4, 0.5) is 14.5 Å². The fourth-order valence-corrected chi connectivity index (χ4v) is 5.15. The average Bonchev–Trinajstić information content (AvgIpc) is 3.42. The number of piperidine rings is 1. The van der Waals surface area contributed by atoms with Gasteiger partial charge in [-0.15, -0.1) is 0 Å². The van der Waals surface area contributed by atoms with Crippen LogP contribution in [-0.2, 0) is 12.1 Å². The predicted molar refractivity (Wildman–Crippen MR) is 140 cm³/mol. The second-order valence-electron chi connectivity index (χ2n) is 9.65. The monoisotopic (exact) mass is 514 g/mol. The first-order valence-electron chi connectivity index (χ1n) is 12.5. The summed E-state index contributed by atoms with van der Waals surface area (Å²) in [6.45, 7) is 1.43. The van der Waals surface area contributed by atoms with E-state index in [1.807, 2.05) is 48.5 Å². The summed E-state index contributed by atoms with van der Waals surface area (Å²) in [5.41, 5.74) is 1.66. The third-order valence-electron chi connectivity index (χ3n) is 7.02. The highest BCUT2D eigenvalue weighted by Gasteiger charge is 2.36. The van der Waals surface area contributed by atoms with E-state index in [0.29, 0.717) is 18.7 Å². The van der Waals surface area contributed by atoms with Crippen LogP contribution in [0.5, 0.6) is 0 Å². The Labute approximate surface area is 220 Å². The minimum absolute atomic E-state index is 0.0195. The average molecular weight is 515 g/mol. The highest BCUT2D eigenvalue weighted by molar-refractivity contribution is 5.78. The molecule has 7 nitrogen and oxygen atoms in total. The number of nitriles is 1. The number of rotatable bonds is 8. The van der Waals surface area contributed by atoms with Gasteiger partial charge in [-0.3, -0.25) is 4.90 Å². The largest absolute Gasteiger partial charge is 0.382 e. The molecule has 0 bridgehead atoms. The Morgan fingerprint density at radius 2 is 1.82 bits per heavy atom. The van der Waals surface area contributed by atoms with Crippen LogP contribution in [0.25, 0.3) is 11.1 Å². The maximum absolute atomic E-state index is 14.8. The standard InChI is InChI=1S/C29H28F2N6O/c30-22-9-10-26(27(31)15-22)29(38,18-37-20-33-19-34-37)17-36-13-11-23(12-14-36)35-28-8-4-7-24(25(28)16-32)21-5-2-1-3-6-21/h1-10,15,19-20,23,35,38H,11-14,17-18H2. The summed E-state index contributed by atoms with van der Waals surface area (Å²) in [5.74, 6) is -1.50. The number of benzene rings is 3. The lowest BCUT2D eigenvalue weighted by molar-refractivity contribution is -0.0260. The Morgan fingerprint density at radius 1 is 1.03 bits per heavy atom. The molecule has 1 saturated heterocycles. The van der Waals surface area contributed by atoms with E-state index >= 15 is 0 Å². The molecule has 3 aromatic carbocycles. The van der Waals surface area contributed by atoms with Gasteiger partial charge in [-0.1, -0.05) is 48.5 Å². The zero-order valence-corrected chi connectivity index (χ0v) is 20.8. The molecule has 5 rings (SSSR count). The number of halogens is 2. The topological polar surface area (TPSA) is 90.0 Å². The molecule has 0 saturated carbocycles. The van der Waals surface area contributed by atoms with E-state index in [4.69, 9.17) is 0 Å². The Hall–Kier alpha value is -4.13. The molecule has 0 amide bonds. The highest BCUT2D eigenvalue weighted by Crippen LogP contribution is 2.32. The zero-order chi connectivity index (χ0) is 26.5. The van der Waals surface area contributed by atoms with Crippen molar-refractivity contribution >= 4 is 5.69 Å². The van der Waals surface area contributed by atoms with Gasteiger partial charge in [-0.2, -0.15) is 10.4 Å². The molecule has 1 atom stereocenters. The highest BCUT2D eigenvalue weighted by atomic mass is 19.1. The number of aliphatic hydroxyl groups is 1. The molecule has 1 aliphatic heterocycles. The minimum Gasteiger partial charge on any atom is -0.382 e. The second-order valence-corrected chi connectivity index (χ2v) is 9.65. The van der Waals surface area contributed by atoms with Gasteiger partial charge in [-0.25, -0.2) is 18.4 Å². The first-order valence-corrected chi connectivity index (χ1v) is 12.5. The molecule has 2 heterocycles. The molecule has 1 unspecified atom stereocenters. The van der Waals surface area contributed by atoms with Crippen LogP contribution in [0.15, 0.2) is 79.4 Å². The van der Waals surface area contributed by atoms with Crippen LogP contribution in [0, 0.1) is 23.0 Å². The molecule has 1 aromatic heterocycles. The van der Waals surface area contributed by atoms with Crippen LogP contribution in [0.1, 0.15) is 24.0 Å². The molecule has 9 heteroatoms. The van der Waals surface area contributed by atoms with E-state index in [9.17, 15) is 19.1 Å². The number of anilines is 1. The summed E-state index contributed by atoms with van der Waals surface area (Å²) >= 11 is 0. The molecular formula is C29H28F2N6O. The molecule has 38 heavy (non-hydrogen) atoms. The van der Waals surface area contributed by atoms with Crippen LogP contribution in [0.2, 0.25) is 0 Å². The van der Waals surface area contributed by atoms with Gasteiger partial charge in [0, 0.05) is 42.9 Å². The maximum atomic E-state index is 14.8.